The summed E-state index contributed by atoms with van der Waals surface area (Å²) in [6.45, 7) is 0.483. The van der Waals surface area contributed by atoms with Crippen LogP contribution in [0.2, 0.25) is 0 Å². The number of carbonyl (C=O) groups excluding carboxylic acids is 1. The number of hydrogen-bond acceptors (Lipinski definition) is 4. The first-order valence-electron chi connectivity index (χ1n) is 9.27. The van der Waals surface area contributed by atoms with Gasteiger partial charge in [-0.1, -0.05) is 58.4 Å². The molecule has 6 nitrogen and oxygen atoms in total. The summed E-state index contributed by atoms with van der Waals surface area (Å²) in [4.78, 5) is 25.2. The summed E-state index contributed by atoms with van der Waals surface area (Å²) in [5.74, 6) is 0. The molecule has 0 aliphatic carbocycles. The van der Waals surface area contributed by atoms with Crippen molar-refractivity contribution in [2.75, 3.05) is 16.0 Å². The SMILES string of the molecule is O=C(Nc1ccc(Br)cc1)Nc1c(NCc2ccccc2)c2ccccc2oc1=O. The van der Waals surface area contributed by atoms with E-state index in [2.05, 4.69) is 31.9 Å². The summed E-state index contributed by atoms with van der Waals surface area (Å²) in [6.07, 6.45) is 0. The van der Waals surface area contributed by atoms with Crippen molar-refractivity contribution >= 4 is 50.0 Å². The van der Waals surface area contributed by atoms with Crippen molar-refractivity contribution in [3.05, 3.63) is 99.3 Å². The fourth-order valence-corrected chi connectivity index (χ4v) is 3.31. The quantitative estimate of drug-likeness (QED) is 0.326. The molecule has 150 valence electrons. The molecule has 0 unspecified atom stereocenters. The van der Waals surface area contributed by atoms with Crippen LogP contribution in [-0.2, 0) is 6.54 Å². The molecule has 1 aromatic heterocycles. The second-order valence-electron chi connectivity index (χ2n) is 6.56. The fraction of sp³-hybridized carbons (Fsp3) is 0.0435. The summed E-state index contributed by atoms with van der Waals surface area (Å²) < 4.78 is 6.31. The van der Waals surface area contributed by atoms with Crippen LogP contribution in [0.5, 0.6) is 0 Å². The smallest absolute Gasteiger partial charge is 0.362 e. The maximum Gasteiger partial charge on any atom is 0.362 e. The van der Waals surface area contributed by atoms with Gasteiger partial charge in [0.15, 0.2) is 5.69 Å². The molecule has 30 heavy (non-hydrogen) atoms. The van der Waals surface area contributed by atoms with Crippen LogP contribution in [0.3, 0.4) is 0 Å². The van der Waals surface area contributed by atoms with E-state index >= 15 is 0 Å². The van der Waals surface area contributed by atoms with Crippen molar-refractivity contribution in [1.29, 1.82) is 0 Å². The molecule has 0 atom stereocenters. The van der Waals surface area contributed by atoms with Gasteiger partial charge in [0.1, 0.15) is 5.58 Å². The number of anilines is 3. The van der Waals surface area contributed by atoms with Gasteiger partial charge in [-0.15, -0.1) is 0 Å². The Morgan fingerprint density at radius 2 is 1.53 bits per heavy atom. The summed E-state index contributed by atoms with van der Waals surface area (Å²) in [5.41, 5.74) is 2.02. The van der Waals surface area contributed by atoms with Crippen LogP contribution in [0.4, 0.5) is 21.9 Å². The average molecular weight is 464 g/mol. The van der Waals surface area contributed by atoms with Gasteiger partial charge < -0.3 is 15.1 Å². The third-order valence-corrected chi connectivity index (χ3v) is 4.99. The zero-order valence-corrected chi connectivity index (χ0v) is 17.4. The Bertz CT molecular complexity index is 1240. The van der Waals surface area contributed by atoms with Gasteiger partial charge in [0.25, 0.3) is 0 Å². The lowest BCUT2D eigenvalue weighted by molar-refractivity contribution is 0.262. The van der Waals surface area contributed by atoms with Gasteiger partial charge in [-0.3, -0.25) is 5.32 Å². The fourth-order valence-electron chi connectivity index (χ4n) is 3.04. The summed E-state index contributed by atoms with van der Waals surface area (Å²) >= 11 is 3.35. The number of halogens is 1. The number of rotatable bonds is 5. The van der Waals surface area contributed by atoms with E-state index in [0.717, 1.165) is 10.0 Å². The van der Waals surface area contributed by atoms with E-state index in [4.69, 9.17) is 4.42 Å². The van der Waals surface area contributed by atoms with E-state index in [1.165, 1.54) is 0 Å². The van der Waals surface area contributed by atoms with Gasteiger partial charge in [0, 0.05) is 22.1 Å². The maximum absolute atomic E-state index is 12.6. The standard InChI is InChI=1S/C23H18BrN3O3/c24-16-10-12-17(13-11-16)26-23(29)27-21-20(25-14-15-6-2-1-3-7-15)18-8-4-5-9-19(18)30-22(21)28/h1-13,25H,14H2,(H2,26,27,29). The maximum atomic E-state index is 12.6. The number of amides is 2. The lowest BCUT2D eigenvalue weighted by Gasteiger charge is -2.15. The van der Waals surface area contributed by atoms with Gasteiger partial charge in [0.2, 0.25) is 0 Å². The van der Waals surface area contributed by atoms with Crippen molar-refractivity contribution in [1.82, 2.24) is 0 Å². The molecule has 0 fully saturated rings. The summed E-state index contributed by atoms with van der Waals surface area (Å²) in [7, 11) is 0. The topological polar surface area (TPSA) is 83.4 Å². The van der Waals surface area contributed by atoms with Crippen molar-refractivity contribution in [3.8, 4) is 0 Å². The highest BCUT2D eigenvalue weighted by atomic mass is 79.9. The number of hydrogen-bond donors (Lipinski definition) is 3. The molecular formula is C23H18BrN3O3. The molecule has 0 bridgehead atoms. The predicted molar refractivity (Wildman–Crippen MR) is 123 cm³/mol. The third kappa shape index (κ3) is 4.52. The van der Waals surface area contributed by atoms with Gasteiger partial charge in [0.05, 0.1) is 5.69 Å². The lowest BCUT2D eigenvalue weighted by atomic mass is 10.1. The van der Waals surface area contributed by atoms with Crippen molar-refractivity contribution in [2.24, 2.45) is 0 Å². The molecule has 4 aromatic rings. The molecule has 7 heteroatoms. The zero-order valence-electron chi connectivity index (χ0n) is 15.8. The van der Waals surface area contributed by atoms with Crippen LogP contribution in [0, 0.1) is 0 Å². The Morgan fingerprint density at radius 1 is 0.833 bits per heavy atom. The van der Waals surface area contributed by atoms with Crippen molar-refractivity contribution in [3.63, 3.8) is 0 Å². The Morgan fingerprint density at radius 3 is 2.30 bits per heavy atom. The lowest BCUT2D eigenvalue weighted by Crippen LogP contribution is -2.24. The highest BCUT2D eigenvalue weighted by molar-refractivity contribution is 9.10. The minimum Gasteiger partial charge on any atom is -0.421 e. The van der Waals surface area contributed by atoms with Gasteiger partial charge in [-0.05, 0) is 42.0 Å². The predicted octanol–water partition coefficient (Wildman–Crippen LogP) is 5.81. The largest absolute Gasteiger partial charge is 0.421 e. The normalized spacial score (nSPS) is 10.6. The van der Waals surface area contributed by atoms with E-state index in [-0.39, 0.29) is 5.69 Å². The first kappa shape index (κ1) is 19.7. The number of fused-ring (bicyclic) bond motifs is 1. The number of benzene rings is 3. The molecule has 3 N–H and O–H groups in total. The minimum atomic E-state index is -0.629. The highest BCUT2D eigenvalue weighted by Crippen LogP contribution is 2.29. The van der Waals surface area contributed by atoms with E-state index in [1.54, 1.807) is 24.3 Å². The number of para-hydroxylation sites is 1. The first-order valence-corrected chi connectivity index (χ1v) is 10.1. The van der Waals surface area contributed by atoms with Gasteiger partial charge in [-0.2, -0.15) is 0 Å². The molecule has 0 saturated carbocycles. The summed E-state index contributed by atoms with van der Waals surface area (Å²) in [5, 5.41) is 9.34. The second kappa shape index (κ2) is 8.84. The van der Waals surface area contributed by atoms with Crippen LogP contribution in [-0.4, -0.2) is 6.03 Å². The monoisotopic (exact) mass is 463 g/mol. The van der Waals surface area contributed by atoms with Crippen LogP contribution < -0.4 is 21.6 Å². The molecular weight excluding hydrogens is 446 g/mol. The van der Waals surface area contributed by atoms with Gasteiger partial charge >= 0.3 is 11.7 Å². The van der Waals surface area contributed by atoms with E-state index in [9.17, 15) is 9.59 Å². The van der Waals surface area contributed by atoms with Crippen molar-refractivity contribution < 1.29 is 9.21 Å². The number of urea groups is 1. The van der Waals surface area contributed by atoms with Crippen LogP contribution in [0.25, 0.3) is 11.0 Å². The van der Waals surface area contributed by atoms with Crippen LogP contribution >= 0.6 is 15.9 Å². The molecule has 0 radical (unpaired) electrons. The molecule has 0 aliphatic rings. The molecule has 0 spiro atoms. The molecule has 0 aliphatic heterocycles. The first-order chi connectivity index (χ1) is 14.6. The number of carbonyl (C=O) groups is 1. The Balaban J connectivity index is 1.65. The molecule has 4 rings (SSSR count). The van der Waals surface area contributed by atoms with Crippen LogP contribution in [0.15, 0.2) is 92.5 Å². The van der Waals surface area contributed by atoms with E-state index in [0.29, 0.717) is 28.9 Å². The van der Waals surface area contributed by atoms with Crippen molar-refractivity contribution in [2.45, 2.75) is 6.54 Å². The molecule has 0 saturated heterocycles. The Kier molecular flexibility index (Phi) is 5.81. The third-order valence-electron chi connectivity index (χ3n) is 4.47. The summed E-state index contributed by atoms with van der Waals surface area (Å²) in [6, 6.07) is 23.6. The molecule has 1 heterocycles. The average Bonchev–Trinajstić information content (AvgIpc) is 2.76. The molecule has 3 aromatic carbocycles. The second-order valence-corrected chi connectivity index (χ2v) is 7.48. The number of nitrogens with one attached hydrogen (secondary N) is 3. The van der Waals surface area contributed by atoms with Gasteiger partial charge in [-0.25, -0.2) is 9.59 Å². The Hall–Kier alpha value is -3.58. The van der Waals surface area contributed by atoms with E-state index in [1.807, 2.05) is 54.6 Å². The highest BCUT2D eigenvalue weighted by Gasteiger charge is 2.17. The minimum absolute atomic E-state index is 0.0549. The van der Waals surface area contributed by atoms with E-state index < -0.39 is 11.7 Å². The Labute approximate surface area is 181 Å². The van der Waals surface area contributed by atoms with Crippen LogP contribution in [0.1, 0.15) is 5.56 Å². The molecule has 2 amide bonds. The zero-order chi connectivity index (χ0) is 20.9.